The largest absolute Gasteiger partial charge is 0.364 e. The average molecular weight is 254 g/mol. The lowest BCUT2D eigenvalue weighted by atomic mass is 10.0. The van der Waals surface area contributed by atoms with Crippen molar-refractivity contribution in [3.05, 3.63) is 54.1 Å². The predicted molar refractivity (Wildman–Crippen MR) is 75.7 cm³/mol. The SMILES string of the molecule is NC1CCCN(Cc2ncccn2)c2ccccc21. The van der Waals surface area contributed by atoms with Crippen molar-refractivity contribution in [2.45, 2.75) is 25.4 Å². The number of nitrogens with two attached hydrogens (primary N) is 1. The van der Waals surface area contributed by atoms with Gasteiger partial charge in [0.25, 0.3) is 0 Å². The van der Waals surface area contributed by atoms with Crippen LogP contribution < -0.4 is 10.6 Å². The zero-order valence-corrected chi connectivity index (χ0v) is 10.9. The molecule has 1 aliphatic heterocycles. The van der Waals surface area contributed by atoms with Crippen LogP contribution in [0.3, 0.4) is 0 Å². The number of rotatable bonds is 2. The van der Waals surface area contributed by atoms with E-state index in [0.717, 1.165) is 31.8 Å². The van der Waals surface area contributed by atoms with Gasteiger partial charge >= 0.3 is 0 Å². The molecule has 0 spiro atoms. The summed E-state index contributed by atoms with van der Waals surface area (Å²) in [7, 11) is 0. The van der Waals surface area contributed by atoms with E-state index in [9.17, 15) is 0 Å². The van der Waals surface area contributed by atoms with Crippen LogP contribution in [0.5, 0.6) is 0 Å². The van der Waals surface area contributed by atoms with Crippen LogP contribution in [0.1, 0.15) is 30.3 Å². The summed E-state index contributed by atoms with van der Waals surface area (Å²) in [6.07, 6.45) is 5.71. The maximum absolute atomic E-state index is 6.24. The van der Waals surface area contributed by atoms with Gasteiger partial charge in [-0.2, -0.15) is 0 Å². The van der Waals surface area contributed by atoms with Crippen molar-refractivity contribution in [2.24, 2.45) is 5.73 Å². The topological polar surface area (TPSA) is 55.0 Å². The zero-order valence-electron chi connectivity index (χ0n) is 10.9. The minimum absolute atomic E-state index is 0.137. The van der Waals surface area contributed by atoms with Crippen molar-refractivity contribution in [1.82, 2.24) is 9.97 Å². The van der Waals surface area contributed by atoms with Crippen LogP contribution in [0, 0.1) is 0 Å². The fourth-order valence-electron chi connectivity index (χ4n) is 2.61. The van der Waals surface area contributed by atoms with Crippen molar-refractivity contribution >= 4 is 5.69 Å². The smallest absolute Gasteiger partial charge is 0.147 e. The molecule has 1 aliphatic rings. The molecule has 0 amide bonds. The predicted octanol–water partition coefficient (Wildman–Crippen LogP) is 2.28. The molecular formula is C15H18N4. The number of fused-ring (bicyclic) bond motifs is 1. The number of aromatic nitrogens is 2. The first-order valence-electron chi connectivity index (χ1n) is 6.70. The van der Waals surface area contributed by atoms with E-state index in [1.165, 1.54) is 11.3 Å². The number of anilines is 1. The summed E-state index contributed by atoms with van der Waals surface area (Å²) in [5.41, 5.74) is 8.70. The van der Waals surface area contributed by atoms with Gasteiger partial charge in [0.05, 0.1) is 6.54 Å². The molecule has 3 rings (SSSR count). The monoisotopic (exact) mass is 254 g/mol. The molecule has 2 heterocycles. The van der Waals surface area contributed by atoms with Crippen molar-refractivity contribution in [1.29, 1.82) is 0 Å². The van der Waals surface area contributed by atoms with Gasteiger partial charge in [0.15, 0.2) is 0 Å². The van der Waals surface area contributed by atoms with Crippen LogP contribution in [-0.4, -0.2) is 16.5 Å². The van der Waals surface area contributed by atoms with Crippen LogP contribution in [0.25, 0.3) is 0 Å². The third kappa shape index (κ3) is 2.58. The zero-order chi connectivity index (χ0) is 13.1. The van der Waals surface area contributed by atoms with Crippen LogP contribution in [0.2, 0.25) is 0 Å². The molecule has 1 unspecified atom stereocenters. The molecular weight excluding hydrogens is 236 g/mol. The second-order valence-corrected chi connectivity index (χ2v) is 4.89. The highest BCUT2D eigenvalue weighted by Gasteiger charge is 2.20. The Labute approximate surface area is 113 Å². The summed E-state index contributed by atoms with van der Waals surface area (Å²) >= 11 is 0. The lowest BCUT2D eigenvalue weighted by Crippen LogP contribution is -2.24. The highest BCUT2D eigenvalue weighted by atomic mass is 15.2. The quantitative estimate of drug-likeness (QED) is 0.893. The van der Waals surface area contributed by atoms with Gasteiger partial charge in [0, 0.05) is 30.7 Å². The molecule has 0 radical (unpaired) electrons. The van der Waals surface area contributed by atoms with E-state index in [1.807, 2.05) is 6.07 Å². The summed E-state index contributed by atoms with van der Waals surface area (Å²) in [5.74, 6) is 0.854. The Morgan fingerprint density at radius 2 is 1.95 bits per heavy atom. The van der Waals surface area contributed by atoms with Crippen molar-refractivity contribution < 1.29 is 0 Å². The second-order valence-electron chi connectivity index (χ2n) is 4.89. The van der Waals surface area contributed by atoms with E-state index in [1.54, 1.807) is 12.4 Å². The van der Waals surface area contributed by atoms with E-state index in [4.69, 9.17) is 5.73 Å². The molecule has 0 bridgehead atoms. The normalized spacial score (nSPS) is 18.8. The first-order chi connectivity index (χ1) is 9.34. The first kappa shape index (κ1) is 12.1. The van der Waals surface area contributed by atoms with Gasteiger partial charge in [-0.25, -0.2) is 9.97 Å². The molecule has 0 aliphatic carbocycles. The highest BCUT2D eigenvalue weighted by molar-refractivity contribution is 5.55. The lowest BCUT2D eigenvalue weighted by Gasteiger charge is -2.24. The van der Waals surface area contributed by atoms with Gasteiger partial charge in [-0.3, -0.25) is 0 Å². The first-order valence-corrected chi connectivity index (χ1v) is 6.70. The van der Waals surface area contributed by atoms with E-state index in [2.05, 4.69) is 39.1 Å². The Bertz CT molecular complexity index is 541. The van der Waals surface area contributed by atoms with E-state index in [0.29, 0.717) is 0 Å². The Balaban J connectivity index is 1.91. The van der Waals surface area contributed by atoms with Crippen molar-refractivity contribution in [3.8, 4) is 0 Å². The summed E-state index contributed by atoms with van der Waals surface area (Å²) in [6.45, 7) is 1.74. The van der Waals surface area contributed by atoms with Gasteiger partial charge in [-0.1, -0.05) is 18.2 Å². The molecule has 98 valence electrons. The Hall–Kier alpha value is -1.94. The molecule has 0 fully saturated rings. The van der Waals surface area contributed by atoms with Crippen LogP contribution in [-0.2, 0) is 6.54 Å². The maximum atomic E-state index is 6.24. The molecule has 2 N–H and O–H groups in total. The van der Waals surface area contributed by atoms with Crippen LogP contribution in [0.15, 0.2) is 42.7 Å². The standard InChI is InChI=1S/C15H18N4/c16-13-6-3-10-19(11-15-17-8-4-9-18-15)14-7-2-1-5-12(13)14/h1-2,4-5,7-9,13H,3,6,10-11,16H2. The Morgan fingerprint density at radius 3 is 2.79 bits per heavy atom. The maximum Gasteiger partial charge on any atom is 0.147 e. The molecule has 1 atom stereocenters. The Morgan fingerprint density at radius 1 is 1.16 bits per heavy atom. The minimum Gasteiger partial charge on any atom is -0.364 e. The number of hydrogen-bond acceptors (Lipinski definition) is 4. The van der Waals surface area contributed by atoms with E-state index < -0.39 is 0 Å². The summed E-state index contributed by atoms with van der Waals surface area (Å²) in [5, 5.41) is 0. The molecule has 1 aromatic carbocycles. The minimum atomic E-state index is 0.137. The second kappa shape index (κ2) is 5.36. The molecule has 2 aromatic rings. The molecule has 19 heavy (non-hydrogen) atoms. The number of hydrogen-bond donors (Lipinski definition) is 1. The van der Waals surface area contributed by atoms with E-state index >= 15 is 0 Å². The van der Waals surface area contributed by atoms with Gasteiger partial charge in [0.2, 0.25) is 0 Å². The van der Waals surface area contributed by atoms with Gasteiger partial charge < -0.3 is 10.6 Å². The van der Waals surface area contributed by atoms with Crippen molar-refractivity contribution in [3.63, 3.8) is 0 Å². The number of nitrogens with zero attached hydrogens (tertiary/aromatic N) is 3. The molecule has 0 saturated carbocycles. The summed E-state index contributed by atoms with van der Waals surface area (Å²) in [6, 6.07) is 10.4. The Kier molecular flexibility index (Phi) is 3.42. The molecule has 0 saturated heterocycles. The number of benzene rings is 1. The van der Waals surface area contributed by atoms with E-state index in [-0.39, 0.29) is 6.04 Å². The number of para-hydroxylation sites is 1. The average Bonchev–Trinajstić information content (AvgIpc) is 2.61. The van der Waals surface area contributed by atoms with Crippen LogP contribution >= 0.6 is 0 Å². The lowest BCUT2D eigenvalue weighted by molar-refractivity contribution is 0.623. The van der Waals surface area contributed by atoms with Gasteiger partial charge in [-0.15, -0.1) is 0 Å². The van der Waals surface area contributed by atoms with Gasteiger partial charge in [0.1, 0.15) is 5.82 Å². The fourth-order valence-corrected chi connectivity index (χ4v) is 2.61. The summed E-state index contributed by atoms with van der Waals surface area (Å²) < 4.78 is 0. The third-order valence-corrected chi connectivity index (χ3v) is 3.57. The molecule has 4 heteroatoms. The molecule has 4 nitrogen and oxygen atoms in total. The summed E-state index contributed by atoms with van der Waals surface area (Å²) in [4.78, 5) is 11.0. The third-order valence-electron chi connectivity index (χ3n) is 3.57. The fraction of sp³-hybridized carbons (Fsp3) is 0.333. The highest BCUT2D eigenvalue weighted by Crippen LogP contribution is 2.31. The molecule has 1 aromatic heterocycles. The van der Waals surface area contributed by atoms with Gasteiger partial charge in [-0.05, 0) is 30.5 Å². The van der Waals surface area contributed by atoms with Crippen molar-refractivity contribution in [2.75, 3.05) is 11.4 Å². The van der Waals surface area contributed by atoms with Crippen LogP contribution in [0.4, 0.5) is 5.69 Å².